The molecule has 2 aromatic carbocycles. The summed E-state index contributed by atoms with van der Waals surface area (Å²) >= 11 is 1.48. The Bertz CT molecular complexity index is 1090. The summed E-state index contributed by atoms with van der Waals surface area (Å²) in [5.41, 5.74) is 0.901. The lowest BCUT2D eigenvalue weighted by atomic mass is 10.2. The average Bonchev–Trinajstić information content (AvgIpc) is 3.38. The predicted molar refractivity (Wildman–Crippen MR) is 105 cm³/mol. The van der Waals surface area contributed by atoms with Gasteiger partial charge in [-0.2, -0.15) is 0 Å². The van der Waals surface area contributed by atoms with Crippen molar-refractivity contribution in [1.29, 1.82) is 0 Å². The summed E-state index contributed by atoms with van der Waals surface area (Å²) < 4.78 is 37.8. The summed E-state index contributed by atoms with van der Waals surface area (Å²) in [5, 5.41) is 4.64. The lowest BCUT2D eigenvalue weighted by Gasteiger charge is -2.08. The number of rotatable bonds is 6. The molecule has 1 aliphatic heterocycles. The fourth-order valence-corrected chi connectivity index (χ4v) is 4.37. The van der Waals surface area contributed by atoms with Crippen LogP contribution in [0.5, 0.6) is 11.5 Å². The molecule has 28 heavy (non-hydrogen) atoms. The van der Waals surface area contributed by atoms with Gasteiger partial charge in [0.05, 0.1) is 4.90 Å². The molecule has 2 N–H and O–H groups in total. The molecule has 9 heteroatoms. The molecule has 144 valence electrons. The summed E-state index contributed by atoms with van der Waals surface area (Å²) in [4.78, 5) is 13.4. The fraction of sp³-hybridized carbons (Fsp3) is 0.105. The number of carbonyl (C=O) groups is 1. The third kappa shape index (κ3) is 4.01. The van der Waals surface area contributed by atoms with Gasteiger partial charge >= 0.3 is 0 Å². The fourth-order valence-electron chi connectivity index (χ4n) is 2.63. The van der Waals surface area contributed by atoms with E-state index in [0.717, 1.165) is 4.88 Å². The number of anilines is 1. The molecule has 4 rings (SSSR count). The Morgan fingerprint density at radius 3 is 2.57 bits per heavy atom. The van der Waals surface area contributed by atoms with Crippen LogP contribution in [0.25, 0.3) is 0 Å². The van der Waals surface area contributed by atoms with E-state index in [1.165, 1.54) is 35.6 Å². The van der Waals surface area contributed by atoms with Gasteiger partial charge in [-0.05, 0) is 47.8 Å². The van der Waals surface area contributed by atoms with E-state index in [-0.39, 0.29) is 24.1 Å². The van der Waals surface area contributed by atoms with E-state index in [1.54, 1.807) is 18.2 Å². The molecule has 1 aromatic heterocycles. The van der Waals surface area contributed by atoms with E-state index in [1.807, 2.05) is 17.5 Å². The van der Waals surface area contributed by atoms with Crippen LogP contribution in [0.4, 0.5) is 5.69 Å². The van der Waals surface area contributed by atoms with Gasteiger partial charge in [-0.1, -0.05) is 6.07 Å². The van der Waals surface area contributed by atoms with Crippen LogP contribution in [-0.4, -0.2) is 21.1 Å². The van der Waals surface area contributed by atoms with Crippen LogP contribution in [0.2, 0.25) is 0 Å². The molecular formula is C19H16N2O5S2. The first-order chi connectivity index (χ1) is 13.5. The first-order valence-corrected chi connectivity index (χ1v) is 10.7. The Labute approximate surface area is 166 Å². The van der Waals surface area contributed by atoms with Gasteiger partial charge in [0.2, 0.25) is 16.8 Å². The highest BCUT2D eigenvalue weighted by atomic mass is 32.2. The zero-order chi connectivity index (χ0) is 19.6. The third-order valence-corrected chi connectivity index (χ3v) is 6.37. The Kier molecular flexibility index (Phi) is 5.03. The standard InChI is InChI=1S/C19H16N2O5S2/c22-19(21-14-5-8-17-18(10-14)26-12-25-17)13-3-6-16(7-4-13)28(23,24)20-11-15-2-1-9-27-15/h1-10,20H,11-12H2,(H,21,22). The molecule has 3 aromatic rings. The van der Waals surface area contributed by atoms with Crippen molar-refractivity contribution in [3.63, 3.8) is 0 Å². The SMILES string of the molecule is O=C(Nc1ccc2c(c1)OCO2)c1ccc(S(=O)(=O)NCc2cccs2)cc1. The monoisotopic (exact) mass is 416 g/mol. The number of ether oxygens (including phenoxy) is 2. The number of nitrogens with one attached hydrogen (secondary N) is 2. The highest BCUT2D eigenvalue weighted by Crippen LogP contribution is 2.34. The summed E-state index contributed by atoms with van der Waals surface area (Å²) in [6.07, 6.45) is 0. The predicted octanol–water partition coefficient (Wildman–Crippen LogP) is 3.21. The highest BCUT2D eigenvalue weighted by molar-refractivity contribution is 7.89. The van der Waals surface area contributed by atoms with Crippen LogP contribution in [0.15, 0.2) is 64.9 Å². The summed E-state index contributed by atoms with van der Waals surface area (Å²) in [5.74, 6) is 0.841. The van der Waals surface area contributed by atoms with Gasteiger partial charge in [0, 0.05) is 28.7 Å². The number of thiophene rings is 1. The second-order valence-corrected chi connectivity index (χ2v) is 8.75. The maximum Gasteiger partial charge on any atom is 0.255 e. The zero-order valence-electron chi connectivity index (χ0n) is 14.5. The van der Waals surface area contributed by atoms with Crippen LogP contribution in [-0.2, 0) is 16.6 Å². The van der Waals surface area contributed by atoms with Crippen molar-refractivity contribution >= 4 is 33.0 Å². The molecule has 0 saturated heterocycles. The second-order valence-electron chi connectivity index (χ2n) is 5.95. The number of hydrogen-bond donors (Lipinski definition) is 2. The number of amides is 1. The molecule has 0 unspecified atom stereocenters. The summed E-state index contributed by atoms with van der Waals surface area (Å²) in [6, 6.07) is 14.6. The molecule has 0 atom stereocenters. The first-order valence-electron chi connectivity index (χ1n) is 8.34. The minimum Gasteiger partial charge on any atom is -0.454 e. The Morgan fingerprint density at radius 2 is 1.82 bits per heavy atom. The minimum absolute atomic E-state index is 0.101. The normalized spacial score (nSPS) is 12.7. The van der Waals surface area contributed by atoms with Crippen molar-refractivity contribution in [1.82, 2.24) is 4.72 Å². The molecule has 1 amide bonds. The molecular weight excluding hydrogens is 400 g/mol. The third-order valence-electron chi connectivity index (χ3n) is 4.07. The van der Waals surface area contributed by atoms with E-state index < -0.39 is 10.0 Å². The van der Waals surface area contributed by atoms with Crippen molar-refractivity contribution in [3.8, 4) is 11.5 Å². The van der Waals surface area contributed by atoms with Gasteiger partial charge in [0.15, 0.2) is 11.5 Å². The van der Waals surface area contributed by atoms with Gasteiger partial charge < -0.3 is 14.8 Å². The highest BCUT2D eigenvalue weighted by Gasteiger charge is 2.17. The van der Waals surface area contributed by atoms with Crippen LogP contribution < -0.4 is 19.5 Å². The number of fused-ring (bicyclic) bond motifs is 1. The van der Waals surface area contributed by atoms with Gasteiger partial charge in [0.1, 0.15) is 0 Å². The van der Waals surface area contributed by atoms with Crippen LogP contribution in [0.3, 0.4) is 0 Å². The van der Waals surface area contributed by atoms with E-state index in [4.69, 9.17) is 9.47 Å². The Morgan fingerprint density at radius 1 is 1.04 bits per heavy atom. The molecule has 0 fully saturated rings. The average molecular weight is 416 g/mol. The number of hydrogen-bond acceptors (Lipinski definition) is 6. The summed E-state index contributed by atoms with van der Waals surface area (Å²) in [7, 11) is -3.65. The minimum atomic E-state index is -3.65. The quantitative estimate of drug-likeness (QED) is 0.644. The van der Waals surface area contributed by atoms with Crippen molar-refractivity contribution in [2.24, 2.45) is 0 Å². The molecule has 2 heterocycles. The van der Waals surface area contributed by atoms with Gasteiger partial charge in [-0.3, -0.25) is 4.79 Å². The lowest BCUT2D eigenvalue weighted by molar-refractivity contribution is 0.102. The van der Waals surface area contributed by atoms with E-state index in [9.17, 15) is 13.2 Å². The van der Waals surface area contributed by atoms with Crippen molar-refractivity contribution in [2.75, 3.05) is 12.1 Å². The van der Waals surface area contributed by atoms with Crippen molar-refractivity contribution in [2.45, 2.75) is 11.4 Å². The molecule has 0 spiro atoms. The van der Waals surface area contributed by atoms with Gasteiger partial charge in [-0.25, -0.2) is 13.1 Å². The molecule has 7 nitrogen and oxygen atoms in total. The van der Waals surface area contributed by atoms with Crippen LogP contribution in [0.1, 0.15) is 15.2 Å². The molecule has 0 aliphatic carbocycles. The van der Waals surface area contributed by atoms with Crippen molar-refractivity contribution < 1.29 is 22.7 Å². The lowest BCUT2D eigenvalue weighted by Crippen LogP contribution is -2.23. The molecule has 0 radical (unpaired) electrons. The molecule has 0 saturated carbocycles. The second kappa shape index (κ2) is 7.63. The van der Waals surface area contributed by atoms with Gasteiger partial charge in [-0.15, -0.1) is 11.3 Å². The van der Waals surface area contributed by atoms with Crippen molar-refractivity contribution in [3.05, 3.63) is 70.4 Å². The Balaban J connectivity index is 1.42. The first kappa shape index (κ1) is 18.5. The maximum atomic E-state index is 12.4. The number of sulfonamides is 1. The zero-order valence-corrected chi connectivity index (χ0v) is 16.2. The van der Waals surface area contributed by atoms with Crippen LogP contribution >= 0.6 is 11.3 Å². The maximum absolute atomic E-state index is 12.4. The molecule has 1 aliphatic rings. The largest absolute Gasteiger partial charge is 0.454 e. The molecule has 0 bridgehead atoms. The summed E-state index contributed by atoms with van der Waals surface area (Å²) in [6.45, 7) is 0.384. The number of carbonyl (C=O) groups excluding carboxylic acids is 1. The Hall–Kier alpha value is -2.88. The van der Waals surface area contributed by atoms with E-state index in [0.29, 0.717) is 22.7 Å². The van der Waals surface area contributed by atoms with E-state index >= 15 is 0 Å². The topological polar surface area (TPSA) is 93.7 Å². The van der Waals surface area contributed by atoms with E-state index in [2.05, 4.69) is 10.0 Å². The number of benzene rings is 2. The van der Waals surface area contributed by atoms with Crippen LogP contribution in [0, 0.1) is 0 Å². The van der Waals surface area contributed by atoms with Gasteiger partial charge in [0.25, 0.3) is 5.91 Å². The smallest absolute Gasteiger partial charge is 0.255 e.